The molecule has 8 heteroatoms. The van der Waals surface area contributed by atoms with Crippen LogP contribution in [0.2, 0.25) is 0 Å². The quantitative estimate of drug-likeness (QED) is 0.715. The molecule has 29 heavy (non-hydrogen) atoms. The molecule has 1 amide bonds. The Kier molecular flexibility index (Phi) is 5.41. The van der Waals surface area contributed by atoms with E-state index >= 15 is 0 Å². The van der Waals surface area contributed by atoms with E-state index in [-0.39, 0.29) is 11.9 Å². The molecule has 0 bridgehead atoms. The number of ether oxygens (including phenoxy) is 2. The number of amides is 1. The van der Waals surface area contributed by atoms with Gasteiger partial charge in [-0.2, -0.15) is 5.10 Å². The van der Waals surface area contributed by atoms with Gasteiger partial charge in [-0.05, 0) is 49.6 Å². The van der Waals surface area contributed by atoms with Gasteiger partial charge in [0.25, 0.3) is 5.91 Å². The van der Waals surface area contributed by atoms with Gasteiger partial charge in [-0.15, -0.1) is 0 Å². The SMILES string of the molecule is COc1ccc(C(=O)N2CCCCC2c2nc(-c3ccncc3)n[nH]2)cc1OC. The zero-order valence-corrected chi connectivity index (χ0v) is 16.5. The van der Waals surface area contributed by atoms with Crippen molar-refractivity contribution in [3.63, 3.8) is 0 Å². The normalized spacial score (nSPS) is 16.5. The Labute approximate surface area is 168 Å². The number of aromatic nitrogens is 4. The second kappa shape index (κ2) is 8.30. The zero-order valence-electron chi connectivity index (χ0n) is 16.5. The monoisotopic (exact) mass is 393 g/mol. The van der Waals surface area contributed by atoms with Crippen LogP contribution in [0.15, 0.2) is 42.7 Å². The van der Waals surface area contributed by atoms with E-state index in [2.05, 4.69) is 20.2 Å². The van der Waals surface area contributed by atoms with Gasteiger partial charge in [0, 0.05) is 30.1 Å². The number of aromatic amines is 1. The fraction of sp³-hybridized carbons (Fsp3) is 0.333. The van der Waals surface area contributed by atoms with Crippen molar-refractivity contribution in [2.45, 2.75) is 25.3 Å². The Hall–Kier alpha value is -3.42. The molecular weight excluding hydrogens is 370 g/mol. The number of hydrogen-bond acceptors (Lipinski definition) is 6. The van der Waals surface area contributed by atoms with Crippen molar-refractivity contribution in [2.24, 2.45) is 0 Å². The van der Waals surface area contributed by atoms with Crippen LogP contribution in [0.5, 0.6) is 11.5 Å². The first-order valence-corrected chi connectivity index (χ1v) is 9.57. The van der Waals surface area contributed by atoms with E-state index in [9.17, 15) is 4.79 Å². The lowest BCUT2D eigenvalue weighted by Crippen LogP contribution is -2.39. The maximum atomic E-state index is 13.3. The number of H-pyrrole nitrogens is 1. The van der Waals surface area contributed by atoms with E-state index in [0.717, 1.165) is 24.8 Å². The van der Waals surface area contributed by atoms with Crippen molar-refractivity contribution >= 4 is 5.91 Å². The summed E-state index contributed by atoms with van der Waals surface area (Å²) in [5.74, 6) is 2.37. The van der Waals surface area contributed by atoms with Gasteiger partial charge >= 0.3 is 0 Å². The predicted octanol–water partition coefficient (Wildman–Crippen LogP) is 3.25. The molecule has 1 aliphatic heterocycles. The molecule has 8 nitrogen and oxygen atoms in total. The second-order valence-corrected chi connectivity index (χ2v) is 6.86. The maximum absolute atomic E-state index is 13.3. The summed E-state index contributed by atoms with van der Waals surface area (Å²) in [7, 11) is 3.13. The van der Waals surface area contributed by atoms with E-state index in [0.29, 0.717) is 35.3 Å². The molecule has 1 atom stereocenters. The van der Waals surface area contributed by atoms with E-state index in [1.807, 2.05) is 17.0 Å². The lowest BCUT2D eigenvalue weighted by atomic mass is 10.00. The lowest BCUT2D eigenvalue weighted by Gasteiger charge is -2.34. The molecule has 0 saturated carbocycles. The minimum atomic E-state index is -0.146. The van der Waals surface area contributed by atoms with Crippen molar-refractivity contribution in [3.05, 3.63) is 54.1 Å². The average molecular weight is 393 g/mol. The number of carbonyl (C=O) groups is 1. The van der Waals surface area contributed by atoms with E-state index in [1.165, 1.54) is 0 Å². The largest absolute Gasteiger partial charge is 0.493 e. The van der Waals surface area contributed by atoms with Gasteiger partial charge in [0.2, 0.25) is 0 Å². The highest BCUT2D eigenvalue weighted by molar-refractivity contribution is 5.95. The summed E-state index contributed by atoms with van der Waals surface area (Å²) in [5.41, 5.74) is 1.44. The summed E-state index contributed by atoms with van der Waals surface area (Å²) in [6.45, 7) is 0.670. The average Bonchev–Trinajstić information content (AvgIpc) is 3.29. The van der Waals surface area contributed by atoms with Gasteiger partial charge < -0.3 is 14.4 Å². The van der Waals surface area contributed by atoms with Crippen molar-refractivity contribution in [2.75, 3.05) is 20.8 Å². The van der Waals surface area contributed by atoms with E-state index in [1.54, 1.807) is 44.8 Å². The number of likely N-dealkylation sites (tertiary alicyclic amines) is 1. The first-order chi connectivity index (χ1) is 14.2. The van der Waals surface area contributed by atoms with Crippen LogP contribution in [0.3, 0.4) is 0 Å². The zero-order chi connectivity index (χ0) is 20.2. The van der Waals surface area contributed by atoms with Gasteiger partial charge in [0.1, 0.15) is 5.82 Å². The smallest absolute Gasteiger partial charge is 0.254 e. The molecule has 3 aromatic rings. The molecule has 1 aliphatic rings. The summed E-state index contributed by atoms with van der Waals surface area (Å²) < 4.78 is 10.6. The third-order valence-electron chi connectivity index (χ3n) is 5.15. The van der Waals surface area contributed by atoms with Crippen LogP contribution in [0.1, 0.15) is 41.5 Å². The van der Waals surface area contributed by atoms with Crippen LogP contribution in [-0.4, -0.2) is 51.7 Å². The van der Waals surface area contributed by atoms with Crippen molar-refractivity contribution in [3.8, 4) is 22.9 Å². The minimum absolute atomic E-state index is 0.0579. The van der Waals surface area contributed by atoms with E-state index < -0.39 is 0 Å². The molecule has 0 radical (unpaired) electrons. The van der Waals surface area contributed by atoms with Gasteiger partial charge in [-0.3, -0.25) is 14.9 Å². The molecule has 1 N–H and O–H groups in total. The number of nitrogens with one attached hydrogen (secondary N) is 1. The molecule has 1 unspecified atom stereocenters. The fourth-order valence-electron chi connectivity index (χ4n) is 3.65. The number of benzene rings is 1. The number of hydrogen-bond donors (Lipinski definition) is 1. The summed E-state index contributed by atoms with van der Waals surface area (Å²) in [6, 6.07) is 8.81. The third kappa shape index (κ3) is 3.78. The molecule has 2 aromatic heterocycles. The number of methoxy groups -OCH3 is 2. The first-order valence-electron chi connectivity index (χ1n) is 9.57. The summed E-state index contributed by atoms with van der Waals surface area (Å²) in [4.78, 5) is 23.8. The molecule has 1 fully saturated rings. The Balaban J connectivity index is 1.61. The van der Waals surface area contributed by atoms with Crippen molar-refractivity contribution in [1.82, 2.24) is 25.1 Å². The topological polar surface area (TPSA) is 93.2 Å². The highest BCUT2D eigenvalue weighted by atomic mass is 16.5. The van der Waals surface area contributed by atoms with Crippen LogP contribution < -0.4 is 9.47 Å². The standard InChI is InChI=1S/C21H23N5O3/c1-28-17-7-6-15(13-18(17)29-2)21(27)26-12-4-3-5-16(26)20-23-19(24-25-20)14-8-10-22-11-9-14/h6-11,13,16H,3-5,12H2,1-2H3,(H,23,24,25). The second-order valence-electron chi connectivity index (χ2n) is 6.86. The van der Waals surface area contributed by atoms with Gasteiger partial charge in [0.05, 0.1) is 20.3 Å². The molecule has 0 spiro atoms. The van der Waals surface area contributed by atoms with Crippen LogP contribution in [0, 0.1) is 0 Å². The van der Waals surface area contributed by atoms with Crippen LogP contribution in [0.25, 0.3) is 11.4 Å². The molecule has 1 saturated heterocycles. The first kappa shape index (κ1) is 18.9. The Morgan fingerprint density at radius 1 is 1.10 bits per heavy atom. The number of carbonyl (C=O) groups excluding carboxylic acids is 1. The number of pyridine rings is 1. The summed E-state index contributed by atoms with van der Waals surface area (Å²) in [6.07, 6.45) is 6.24. The highest BCUT2D eigenvalue weighted by Crippen LogP contribution is 2.33. The molecule has 0 aliphatic carbocycles. The Bertz CT molecular complexity index is 989. The molecule has 150 valence electrons. The summed E-state index contributed by atoms with van der Waals surface area (Å²) in [5, 5.41) is 7.37. The summed E-state index contributed by atoms with van der Waals surface area (Å²) >= 11 is 0. The lowest BCUT2D eigenvalue weighted by molar-refractivity contribution is 0.0600. The Morgan fingerprint density at radius 3 is 2.66 bits per heavy atom. The van der Waals surface area contributed by atoms with Crippen LogP contribution in [0.4, 0.5) is 0 Å². The predicted molar refractivity (Wildman–Crippen MR) is 107 cm³/mol. The van der Waals surface area contributed by atoms with Crippen LogP contribution >= 0.6 is 0 Å². The molecule has 4 rings (SSSR count). The van der Waals surface area contributed by atoms with Gasteiger partial charge in [0.15, 0.2) is 17.3 Å². The molecular formula is C21H23N5O3. The number of nitrogens with zero attached hydrogens (tertiary/aromatic N) is 4. The van der Waals surface area contributed by atoms with Gasteiger partial charge in [-0.1, -0.05) is 0 Å². The van der Waals surface area contributed by atoms with Crippen molar-refractivity contribution in [1.29, 1.82) is 0 Å². The van der Waals surface area contributed by atoms with E-state index in [4.69, 9.17) is 9.47 Å². The Morgan fingerprint density at radius 2 is 1.90 bits per heavy atom. The fourth-order valence-corrected chi connectivity index (χ4v) is 3.65. The number of piperidine rings is 1. The van der Waals surface area contributed by atoms with Crippen LogP contribution in [-0.2, 0) is 0 Å². The van der Waals surface area contributed by atoms with Crippen molar-refractivity contribution < 1.29 is 14.3 Å². The minimum Gasteiger partial charge on any atom is -0.493 e. The van der Waals surface area contributed by atoms with Gasteiger partial charge in [-0.25, -0.2) is 4.98 Å². The number of rotatable bonds is 5. The molecule has 3 heterocycles. The molecule has 1 aromatic carbocycles. The highest BCUT2D eigenvalue weighted by Gasteiger charge is 2.31. The third-order valence-corrected chi connectivity index (χ3v) is 5.15. The maximum Gasteiger partial charge on any atom is 0.254 e.